The molecule has 2 heterocycles. The Morgan fingerprint density at radius 2 is 2.00 bits per heavy atom. The predicted molar refractivity (Wildman–Crippen MR) is 104 cm³/mol. The van der Waals surface area contributed by atoms with Gasteiger partial charge in [0.2, 0.25) is 5.91 Å². The highest BCUT2D eigenvalue weighted by molar-refractivity contribution is 6.01. The van der Waals surface area contributed by atoms with Gasteiger partial charge in [-0.25, -0.2) is 4.39 Å². The number of aromatic nitrogens is 2. The molecule has 0 saturated carbocycles. The van der Waals surface area contributed by atoms with Gasteiger partial charge in [-0.05, 0) is 24.6 Å². The maximum Gasteiger partial charge on any atom is 0.272 e. The van der Waals surface area contributed by atoms with Crippen molar-refractivity contribution in [2.45, 2.75) is 25.6 Å². The van der Waals surface area contributed by atoms with Crippen molar-refractivity contribution in [2.75, 3.05) is 13.6 Å². The Hall–Kier alpha value is -3.49. The maximum absolute atomic E-state index is 13.0. The minimum Gasteiger partial charge on any atom is -0.350 e. The van der Waals surface area contributed by atoms with Crippen LogP contribution in [0.4, 0.5) is 4.39 Å². The SMILES string of the molecule is C=CCNC(=O)c1cc2n(n1)C[C@@](C)(C(=O)NCc1ccc(F)cc1)N(C)C2=O. The molecule has 0 radical (unpaired) electrons. The number of rotatable bonds is 6. The number of amides is 3. The van der Waals surface area contributed by atoms with E-state index in [1.54, 1.807) is 19.1 Å². The van der Waals surface area contributed by atoms with Gasteiger partial charge in [-0.1, -0.05) is 18.2 Å². The smallest absolute Gasteiger partial charge is 0.272 e. The molecule has 1 aliphatic rings. The van der Waals surface area contributed by atoms with Gasteiger partial charge in [0.1, 0.15) is 17.1 Å². The molecule has 9 heteroatoms. The summed E-state index contributed by atoms with van der Waals surface area (Å²) in [5.41, 5.74) is -0.140. The molecule has 152 valence electrons. The zero-order valence-corrected chi connectivity index (χ0v) is 16.2. The summed E-state index contributed by atoms with van der Waals surface area (Å²) in [6.07, 6.45) is 1.54. The third-order valence-electron chi connectivity index (χ3n) is 5.00. The first-order chi connectivity index (χ1) is 13.8. The Balaban J connectivity index is 1.78. The second-order valence-corrected chi connectivity index (χ2v) is 7.02. The van der Waals surface area contributed by atoms with Crippen molar-refractivity contribution in [1.29, 1.82) is 0 Å². The van der Waals surface area contributed by atoms with Gasteiger partial charge in [-0.15, -0.1) is 6.58 Å². The zero-order valence-electron chi connectivity index (χ0n) is 16.2. The quantitative estimate of drug-likeness (QED) is 0.711. The van der Waals surface area contributed by atoms with Gasteiger partial charge in [-0.3, -0.25) is 19.1 Å². The maximum atomic E-state index is 13.0. The van der Waals surface area contributed by atoms with E-state index in [2.05, 4.69) is 22.3 Å². The fourth-order valence-electron chi connectivity index (χ4n) is 3.07. The van der Waals surface area contributed by atoms with Gasteiger partial charge in [0.05, 0.1) is 6.54 Å². The molecule has 1 aliphatic heterocycles. The van der Waals surface area contributed by atoms with E-state index in [-0.39, 0.29) is 42.7 Å². The molecule has 29 heavy (non-hydrogen) atoms. The van der Waals surface area contributed by atoms with E-state index < -0.39 is 17.4 Å². The van der Waals surface area contributed by atoms with E-state index in [9.17, 15) is 18.8 Å². The van der Waals surface area contributed by atoms with Gasteiger partial charge in [0.25, 0.3) is 11.8 Å². The molecule has 0 spiro atoms. The first-order valence-electron chi connectivity index (χ1n) is 9.04. The summed E-state index contributed by atoms with van der Waals surface area (Å²) in [6, 6.07) is 7.19. The zero-order chi connectivity index (χ0) is 21.2. The van der Waals surface area contributed by atoms with Gasteiger partial charge in [0, 0.05) is 26.2 Å². The third kappa shape index (κ3) is 3.89. The summed E-state index contributed by atoms with van der Waals surface area (Å²) in [5.74, 6) is -1.57. The van der Waals surface area contributed by atoms with Crippen LogP contribution in [0.2, 0.25) is 0 Å². The Morgan fingerprint density at radius 3 is 2.66 bits per heavy atom. The molecule has 0 unspecified atom stereocenters. The number of hydrogen-bond donors (Lipinski definition) is 2. The lowest BCUT2D eigenvalue weighted by Gasteiger charge is -2.40. The van der Waals surface area contributed by atoms with E-state index >= 15 is 0 Å². The van der Waals surface area contributed by atoms with Crippen LogP contribution in [-0.2, 0) is 17.9 Å². The monoisotopic (exact) mass is 399 g/mol. The molecule has 2 aromatic rings. The van der Waals surface area contributed by atoms with Crippen LogP contribution in [-0.4, -0.2) is 51.5 Å². The number of hydrogen-bond acceptors (Lipinski definition) is 4. The minimum atomic E-state index is -1.20. The number of benzene rings is 1. The molecule has 2 N–H and O–H groups in total. The van der Waals surface area contributed by atoms with E-state index in [0.717, 1.165) is 5.56 Å². The number of halogens is 1. The summed E-state index contributed by atoms with van der Waals surface area (Å²) in [5, 5.41) is 9.58. The summed E-state index contributed by atoms with van der Waals surface area (Å²) in [7, 11) is 1.54. The van der Waals surface area contributed by atoms with Gasteiger partial charge in [-0.2, -0.15) is 5.10 Å². The number of nitrogens with one attached hydrogen (secondary N) is 2. The Kier molecular flexibility index (Phi) is 5.49. The van der Waals surface area contributed by atoms with Gasteiger partial charge in [0.15, 0.2) is 5.69 Å². The number of fused-ring (bicyclic) bond motifs is 1. The van der Waals surface area contributed by atoms with Crippen LogP contribution in [0.3, 0.4) is 0 Å². The summed E-state index contributed by atoms with van der Waals surface area (Å²) in [6.45, 7) is 5.72. The molecule has 1 aromatic carbocycles. The van der Waals surface area contributed by atoms with Crippen molar-refractivity contribution < 1.29 is 18.8 Å². The Labute approximate surface area is 167 Å². The lowest BCUT2D eigenvalue weighted by molar-refractivity contribution is -0.132. The molecule has 1 atom stereocenters. The fourth-order valence-corrected chi connectivity index (χ4v) is 3.07. The highest BCUT2D eigenvalue weighted by Gasteiger charge is 2.46. The molecule has 3 rings (SSSR count). The molecule has 8 nitrogen and oxygen atoms in total. The van der Waals surface area contributed by atoms with E-state index in [0.29, 0.717) is 0 Å². The lowest BCUT2D eigenvalue weighted by Crippen LogP contribution is -2.62. The number of nitrogens with zero attached hydrogens (tertiary/aromatic N) is 3. The van der Waals surface area contributed by atoms with Crippen molar-refractivity contribution in [3.05, 3.63) is 65.8 Å². The average molecular weight is 399 g/mol. The molecular formula is C20H22FN5O3. The van der Waals surface area contributed by atoms with Crippen LogP contribution < -0.4 is 10.6 Å². The molecular weight excluding hydrogens is 377 g/mol. The first-order valence-corrected chi connectivity index (χ1v) is 9.04. The van der Waals surface area contributed by atoms with Crippen LogP contribution in [0, 0.1) is 5.82 Å². The van der Waals surface area contributed by atoms with Crippen LogP contribution in [0.15, 0.2) is 43.0 Å². The summed E-state index contributed by atoms with van der Waals surface area (Å²) in [4.78, 5) is 39.2. The standard InChI is InChI=1S/C20H22FN5O3/c1-4-9-22-17(27)15-10-16-18(28)25(3)20(2,12-26(16)24-15)19(29)23-11-13-5-7-14(21)8-6-13/h4-8,10H,1,9,11-12H2,2-3H3,(H,22,27)(H,23,29)/t20-/m0/s1. The topological polar surface area (TPSA) is 96.3 Å². The second kappa shape index (κ2) is 7.86. The average Bonchev–Trinajstić information content (AvgIpc) is 3.13. The summed E-state index contributed by atoms with van der Waals surface area (Å²) >= 11 is 0. The number of carbonyl (C=O) groups is 3. The van der Waals surface area contributed by atoms with Crippen LogP contribution >= 0.6 is 0 Å². The predicted octanol–water partition coefficient (Wildman–Crippen LogP) is 1.10. The van der Waals surface area contributed by atoms with Crippen molar-refractivity contribution in [3.63, 3.8) is 0 Å². The van der Waals surface area contributed by atoms with E-state index in [1.165, 1.54) is 40.9 Å². The molecule has 3 amide bonds. The highest BCUT2D eigenvalue weighted by atomic mass is 19.1. The molecule has 0 bridgehead atoms. The van der Waals surface area contributed by atoms with Gasteiger partial charge < -0.3 is 15.5 Å². The molecule has 0 saturated heterocycles. The normalized spacial score (nSPS) is 18.2. The fraction of sp³-hybridized carbons (Fsp3) is 0.300. The number of carbonyl (C=O) groups excluding carboxylic acids is 3. The molecule has 0 fully saturated rings. The van der Waals surface area contributed by atoms with Crippen molar-refractivity contribution in [2.24, 2.45) is 0 Å². The van der Waals surface area contributed by atoms with E-state index in [1.807, 2.05) is 0 Å². The summed E-state index contributed by atoms with van der Waals surface area (Å²) < 4.78 is 14.4. The van der Waals surface area contributed by atoms with Crippen LogP contribution in [0.5, 0.6) is 0 Å². The van der Waals surface area contributed by atoms with Gasteiger partial charge >= 0.3 is 0 Å². The molecule has 0 aliphatic carbocycles. The van der Waals surface area contributed by atoms with E-state index in [4.69, 9.17) is 0 Å². The highest BCUT2D eigenvalue weighted by Crippen LogP contribution is 2.26. The molecule has 1 aromatic heterocycles. The Morgan fingerprint density at radius 1 is 1.31 bits per heavy atom. The number of likely N-dealkylation sites (N-methyl/N-ethyl adjacent to an activating group) is 1. The van der Waals surface area contributed by atoms with Crippen LogP contribution in [0.1, 0.15) is 33.5 Å². The van der Waals surface area contributed by atoms with Crippen molar-refractivity contribution >= 4 is 17.7 Å². The largest absolute Gasteiger partial charge is 0.350 e. The lowest BCUT2D eigenvalue weighted by atomic mass is 9.96. The van der Waals surface area contributed by atoms with Crippen LogP contribution in [0.25, 0.3) is 0 Å². The Bertz CT molecular complexity index is 969. The third-order valence-corrected chi connectivity index (χ3v) is 5.00. The minimum absolute atomic E-state index is 0.0918. The van der Waals surface area contributed by atoms with Crippen molar-refractivity contribution in [3.8, 4) is 0 Å². The first kappa shape index (κ1) is 20.2. The second-order valence-electron chi connectivity index (χ2n) is 7.02. The van der Waals surface area contributed by atoms with Crippen molar-refractivity contribution in [1.82, 2.24) is 25.3 Å².